The predicted octanol–water partition coefficient (Wildman–Crippen LogP) is 2.30. The molecule has 0 atom stereocenters. The molecule has 0 rings (SSSR count). The van der Waals surface area contributed by atoms with Crippen LogP contribution >= 0.6 is 0 Å². The van der Waals surface area contributed by atoms with Crippen LogP contribution in [-0.2, 0) is 4.74 Å². The molecule has 0 aromatic carbocycles. The second-order valence-electron chi connectivity index (χ2n) is 3.88. The molecular formula is C9H19NO2. The number of hydrogen-bond acceptors (Lipinski definition) is 2. The largest absolute Gasteiger partial charge is 0.449 e. The maximum absolute atomic E-state index is 10.3. The van der Waals surface area contributed by atoms with Crippen LogP contribution in [0.5, 0.6) is 0 Å². The summed E-state index contributed by atoms with van der Waals surface area (Å²) in [5.41, 5.74) is 4.93. The number of nitrogens with two attached hydrogens (primary N) is 1. The average molecular weight is 173 g/mol. The predicted molar refractivity (Wildman–Crippen MR) is 48.8 cm³/mol. The molecule has 0 aliphatic rings. The van der Waals surface area contributed by atoms with Crippen molar-refractivity contribution in [1.29, 1.82) is 0 Å². The van der Waals surface area contributed by atoms with E-state index in [0.717, 1.165) is 12.8 Å². The highest BCUT2D eigenvalue weighted by Gasteiger charge is 2.18. The Morgan fingerprint density at radius 2 is 2.08 bits per heavy atom. The molecule has 2 N–H and O–H groups in total. The Hall–Kier alpha value is -0.730. The highest BCUT2D eigenvalue weighted by Crippen LogP contribution is 2.23. The third-order valence-corrected chi connectivity index (χ3v) is 1.81. The zero-order valence-electron chi connectivity index (χ0n) is 8.22. The summed E-state index contributed by atoms with van der Waals surface area (Å²) in [5, 5.41) is 0. The molecule has 0 aromatic heterocycles. The topological polar surface area (TPSA) is 52.3 Å². The first-order valence-corrected chi connectivity index (χ1v) is 4.40. The number of rotatable bonds is 5. The number of ether oxygens (including phenoxy) is 1. The van der Waals surface area contributed by atoms with Crippen LogP contribution in [0.2, 0.25) is 0 Å². The van der Waals surface area contributed by atoms with Crippen LogP contribution in [0.1, 0.15) is 40.0 Å². The van der Waals surface area contributed by atoms with E-state index in [1.165, 1.54) is 6.42 Å². The monoisotopic (exact) mass is 173 g/mol. The number of carbonyl (C=O) groups is 1. The van der Waals surface area contributed by atoms with Gasteiger partial charge in [-0.1, -0.05) is 33.6 Å². The zero-order valence-corrected chi connectivity index (χ0v) is 8.22. The molecule has 0 aliphatic heterocycles. The van der Waals surface area contributed by atoms with Gasteiger partial charge in [-0.05, 0) is 11.8 Å². The van der Waals surface area contributed by atoms with Gasteiger partial charge in [0, 0.05) is 0 Å². The molecule has 0 bridgehead atoms. The van der Waals surface area contributed by atoms with Crippen molar-refractivity contribution in [2.75, 3.05) is 6.61 Å². The van der Waals surface area contributed by atoms with E-state index in [1.54, 1.807) is 0 Å². The summed E-state index contributed by atoms with van der Waals surface area (Å²) in [6.07, 6.45) is 2.71. The maximum atomic E-state index is 10.3. The molecule has 12 heavy (non-hydrogen) atoms. The zero-order chi connectivity index (χ0) is 9.61. The Balaban J connectivity index is 3.63. The van der Waals surface area contributed by atoms with Gasteiger partial charge in [0.2, 0.25) is 0 Å². The van der Waals surface area contributed by atoms with Crippen molar-refractivity contribution >= 4 is 6.09 Å². The number of unbranched alkanes of at least 4 members (excludes halogenated alkanes) is 1. The molecule has 3 heteroatoms. The Bertz CT molecular complexity index is 143. The van der Waals surface area contributed by atoms with E-state index in [2.05, 4.69) is 20.8 Å². The number of hydrogen-bond donors (Lipinski definition) is 1. The van der Waals surface area contributed by atoms with E-state index in [-0.39, 0.29) is 5.41 Å². The average Bonchev–Trinajstić information content (AvgIpc) is 1.98. The third-order valence-electron chi connectivity index (χ3n) is 1.81. The Kier molecular flexibility index (Phi) is 4.71. The van der Waals surface area contributed by atoms with Crippen LogP contribution in [-0.4, -0.2) is 12.7 Å². The van der Waals surface area contributed by atoms with Crippen molar-refractivity contribution in [3.05, 3.63) is 0 Å². The second kappa shape index (κ2) is 5.01. The molecule has 0 aliphatic carbocycles. The Morgan fingerprint density at radius 3 is 2.50 bits per heavy atom. The van der Waals surface area contributed by atoms with Gasteiger partial charge in [-0.3, -0.25) is 0 Å². The summed E-state index contributed by atoms with van der Waals surface area (Å²) in [6, 6.07) is 0. The van der Waals surface area contributed by atoms with Gasteiger partial charge in [0.05, 0.1) is 6.61 Å². The summed E-state index contributed by atoms with van der Waals surface area (Å²) >= 11 is 0. The van der Waals surface area contributed by atoms with Crippen molar-refractivity contribution in [3.8, 4) is 0 Å². The van der Waals surface area contributed by atoms with E-state index in [1.807, 2.05) is 0 Å². The lowest BCUT2D eigenvalue weighted by Gasteiger charge is -2.23. The normalized spacial score (nSPS) is 11.2. The summed E-state index contributed by atoms with van der Waals surface area (Å²) in [4.78, 5) is 10.3. The van der Waals surface area contributed by atoms with Crippen LogP contribution in [0.3, 0.4) is 0 Å². The van der Waals surface area contributed by atoms with Gasteiger partial charge >= 0.3 is 6.09 Å². The van der Waals surface area contributed by atoms with Gasteiger partial charge in [-0.25, -0.2) is 4.79 Å². The fourth-order valence-electron chi connectivity index (χ4n) is 0.994. The first kappa shape index (κ1) is 11.3. The van der Waals surface area contributed by atoms with E-state index in [4.69, 9.17) is 10.5 Å². The summed E-state index contributed by atoms with van der Waals surface area (Å²) in [7, 11) is 0. The lowest BCUT2D eigenvalue weighted by Crippen LogP contribution is -2.24. The van der Waals surface area contributed by atoms with Crippen LogP contribution in [0.4, 0.5) is 4.79 Å². The highest BCUT2D eigenvalue weighted by molar-refractivity contribution is 5.64. The van der Waals surface area contributed by atoms with Crippen molar-refractivity contribution in [1.82, 2.24) is 0 Å². The van der Waals surface area contributed by atoms with Crippen LogP contribution < -0.4 is 5.73 Å². The van der Waals surface area contributed by atoms with Crippen molar-refractivity contribution in [2.45, 2.75) is 40.0 Å². The standard InChI is InChI=1S/C9H19NO2/c1-4-5-6-9(2,3)7-12-8(10)11/h4-7H2,1-3H3,(H2,10,11). The molecule has 0 saturated carbocycles. The van der Waals surface area contributed by atoms with Crippen molar-refractivity contribution < 1.29 is 9.53 Å². The molecule has 72 valence electrons. The Labute approximate surface area is 74.3 Å². The van der Waals surface area contributed by atoms with Crippen LogP contribution in [0.15, 0.2) is 0 Å². The maximum Gasteiger partial charge on any atom is 0.404 e. The number of amides is 1. The molecule has 0 saturated heterocycles. The third kappa shape index (κ3) is 6.01. The van der Waals surface area contributed by atoms with E-state index in [9.17, 15) is 4.79 Å². The first-order valence-electron chi connectivity index (χ1n) is 4.40. The van der Waals surface area contributed by atoms with Gasteiger partial charge in [0.15, 0.2) is 0 Å². The quantitative estimate of drug-likeness (QED) is 0.693. The second-order valence-corrected chi connectivity index (χ2v) is 3.88. The lowest BCUT2D eigenvalue weighted by molar-refractivity contribution is 0.101. The molecule has 0 radical (unpaired) electrons. The minimum Gasteiger partial charge on any atom is -0.449 e. The highest BCUT2D eigenvalue weighted by atomic mass is 16.5. The molecule has 0 fully saturated rings. The van der Waals surface area contributed by atoms with Gasteiger partial charge in [-0.2, -0.15) is 0 Å². The SMILES string of the molecule is CCCCC(C)(C)COC(N)=O. The lowest BCUT2D eigenvalue weighted by atomic mass is 9.88. The van der Waals surface area contributed by atoms with Gasteiger partial charge in [0.1, 0.15) is 0 Å². The minimum atomic E-state index is -0.681. The van der Waals surface area contributed by atoms with Crippen molar-refractivity contribution in [3.63, 3.8) is 0 Å². The summed E-state index contributed by atoms with van der Waals surface area (Å²) in [6.45, 7) is 6.71. The van der Waals surface area contributed by atoms with Crippen molar-refractivity contribution in [2.24, 2.45) is 11.1 Å². The molecule has 0 aromatic rings. The number of carbonyl (C=O) groups excluding carboxylic acids is 1. The van der Waals surface area contributed by atoms with E-state index in [0.29, 0.717) is 6.61 Å². The first-order chi connectivity index (χ1) is 5.48. The summed E-state index contributed by atoms with van der Waals surface area (Å²) in [5.74, 6) is 0. The van der Waals surface area contributed by atoms with Gasteiger partial charge in [-0.15, -0.1) is 0 Å². The van der Waals surface area contributed by atoms with Gasteiger partial charge < -0.3 is 10.5 Å². The molecule has 0 unspecified atom stereocenters. The fraction of sp³-hybridized carbons (Fsp3) is 0.889. The van der Waals surface area contributed by atoms with E-state index >= 15 is 0 Å². The molecular weight excluding hydrogens is 154 g/mol. The molecule has 3 nitrogen and oxygen atoms in total. The van der Waals surface area contributed by atoms with Crippen LogP contribution in [0.25, 0.3) is 0 Å². The summed E-state index contributed by atoms with van der Waals surface area (Å²) < 4.78 is 4.74. The number of primary amides is 1. The molecule has 0 heterocycles. The minimum absolute atomic E-state index is 0.0606. The van der Waals surface area contributed by atoms with E-state index < -0.39 is 6.09 Å². The molecule has 1 amide bonds. The molecule has 0 spiro atoms. The fourth-order valence-corrected chi connectivity index (χ4v) is 0.994. The van der Waals surface area contributed by atoms with Gasteiger partial charge in [0.25, 0.3) is 0 Å². The smallest absolute Gasteiger partial charge is 0.404 e. The Morgan fingerprint density at radius 1 is 1.50 bits per heavy atom. The van der Waals surface area contributed by atoms with Crippen LogP contribution in [0, 0.1) is 5.41 Å².